The van der Waals surface area contributed by atoms with Crippen molar-refractivity contribution in [1.29, 1.82) is 0 Å². The lowest BCUT2D eigenvalue weighted by Gasteiger charge is -2.41. The number of urea groups is 1. The van der Waals surface area contributed by atoms with Gasteiger partial charge >= 0.3 is 6.03 Å². The zero-order valence-corrected chi connectivity index (χ0v) is 23.9. The Hall–Kier alpha value is -3.07. The van der Waals surface area contributed by atoms with Crippen LogP contribution >= 0.6 is 0 Å². The Morgan fingerprint density at radius 3 is 2.46 bits per heavy atom. The zero-order chi connectivity index (χ0) is 28.5. The number of pyridine rings is 1. The van der Waals surface area contributed by atoms with Crippen molar-refractivity contribution >= 4 is 11.9 Å². The van der Waals surface area contributed by atoms with Crippen LogP contribution in [0.1, 0.15) is 80.2 Å². The number of carbonyl (C=O) groups excluding carboxylic acids is 2. The Bertz CT molecular complexity index is 1180. The summed E-state index contributed by atoms with van der Waals surface area (Å²) in [4.78, 5) is 36.4. The molecule has 2 unspecified atom stereocenters. The van der Waals surface area contributed by atoms with Gasteiger partial charge in [0.1, 0.15) is 5.82 Å². The predicted octanol–water partition coefficient (Wildman–Crippen LogP) is 5.23. The molecule has 2 saturated heterocycles. The summed E-state index contributed by atoms with van der Waals surface area (Å²) in [5.74, 6) is -1.10. The van der Waals surface area contributed by atoms with Gasteiger partial charge in [-0.3, -0.25) is 4.79 Å². The Balaban J connectivity index is 1.35. The molecule has 2 atom stereocenters. The highest BCUT2D eigenvalue weighted by Gasteiger charge is 2.46. The Morgan fingerprint density at radius 1 is 1.15 bits per heavy atom. The van der Waals surface area contributed by atoms with Gasteiger partial charge in [0, 0.05) is 43.8 Å². The number of aromatic nitrogens is 1. The summed E-state index contributed by atoms with van der Waals surface area (Å²) >= 11 is 0. The van der Waals surface area contributed by atoms with Gasteiger partial charge in [-0.15, -0.1) is 0 Å². The Labute approximate surface area is 230 Å². The van der Waals surface area contributed by atoms with Crippen LogP contribution in [0.2, 0.25) is 0 Å². The van der Waals surface area contributed by atoms with E-state index >= 15 is 0 Å². The van der Waals surface area contributed by atoms with Crippen molar-refractivity contribution in [3.05, 3.63) is 64.5 Å². The number of halogens is 2. The number of nitrogens with zero attached hydrogens (tertiary/aromatic N) is 4. The molecule has 1 N–H and O–H groups in total. The summed E-state index contributed by atoms with van der Waals surface area (Å²) in [6, 6.07) is 8.07. The van der Waals surface area contributed by atoms with Gasteiger partial charge in [0.15, 0.2) is 0 Å². The molecule has 0 saturated carbocycles. The molecule has 3 heterocycles. The molecule has 212 valence electrons. The van der Waals surface area contributed by atoms with E-state index in [0.717, 1.165) is 37.9 Å². The highest BCUT2D eigenvalue weighted by molar-refractivity contribution is 5.96. The fraction of sp³-hybridized carbons (Fsp3) is 0.567. The third-order valence-electron chi connectivity index (χ3n) is 8.14. The standard InChI is InChI=1S/C30H41F2N5O2/c1-19-16-26(32)34-21(3)27(19)28(38)33-13-10-20(2)35-14-11-24(12-15-35)37-25(22-8-7-9-23(31)17-22)18-36(29(37)39)30(4,5)6/h7-9,16-17,20,24-25H,10-15,18H2,1-6H3,(H,33,38). The first kappa shape index (κ1) is 28.9. The highest BCUT2D eigenvalue weighted by atomic mass is 19.1. The zero-order valence-electron chi connectivity index (χ0n) is 23.9. The van der Waals surface area contributed by atoms with Crippen molar-refractivity contribution in [2.45, 2.75) is 84.5 Å². The topological polar surface area (TPSA) is 68.8 Å². The van der Waals surface area contributed by atoms with Crippen molar-refractivity contribution in [2.24, 2.45) is 0 Å². The molecule has 4 rings (SSSR count). The van der Waals surface area contributed by atoms with Crippen LogP contribution in [0, 0.1) is 25.6 Å². The quantitative estimate of drug-likeness (QED) is 0.488. The van der Waals surface area contributed by atoms with Crippen LogP contribution in [0.3, 0.4) is 0 Å². The first-order chi connectivity index (χ1) is 18.4. The second kappa shape index (κ2) is 11.6. The predicted molar refractivity (Wildman–Crippen MR) is 148 cm³/mol. The van der Waals surface area contributed by atoms with Crippen molar-refractivity contribution in [1.82, 2.24) is 25.0 Å². The van der Waals surface area contributed by atoms with Crippen LogP contribution in [-0.4, -0.2) is 75.4 Å². The number of piperidine rings is 1. The monoisotopic (exact) mass is 541 g/mol. The molecule has 2 aliphatic heterocycles. The molecule has 39 heavy (non-hydrogen) atoms. The first-order valence-electron chi connectivity index (χ1n) is 13.9. The Morgan fingerprint density at radius 2 is 1.85 bits per heavy atom. The van der Waals surface area contributed by atoms with Gasteiger partial charge in [0.05, 0.1) is 17.3 Å². The number of likely N-dealkylation sites (tertiary alicyclic amines) is 1. The van der Waals surface area contributed by atoms with Crippen LogP contribution in [0.4, 0.5) is 13.6 Å². The number of hydrogen-bond donors (Lipinski definition) is 1. The van der Waals surface area contributed by atoms with Crippen molar-refractivity contribution in [3.63, 3.8) is 0 Å². The number of carbonyl (C=O) groups is 2. The molecular weight excluding hydrogens is 500 g/mol. The van der Waals surface area contributed by atoms with Gasteiger partial charge in [-0.1, -0.05) is 12.1 Å². The SMILES string of the molecule is Cc1cc(F)nc(C)c1C(=O)NCCC(C)N1CCC(N2C(=O)N(C(C)(C)C)CC2c2cccc(F)c2)CC1. The van der Waals surface area contributed by atoms with Crippen LogP contribution in [0.25, 0.3) is 0 Å². The van der Waals surface area contributed by atoms with E-state index in [1.54, 1.807) is 26.0 Å². The summed E-state index contributed by atoms with van der Waals surface area (Å²) in [5, 5.41) is 2.96. The number of hydrogen-bond acceptors (Lipinski definition) is 4. The average Bonchev–Trinajstić information content (AvgIpc) is 3.21. The molecule has 2 aromatic rings. The molecule has 2 aliphatic rings. The normalized spacial score (nSPS) is 20.0. The third kappa shape index (κ3) is 6.40. The molecule has 0 aliphatic carbocycles. The number of rotatable bonds is 7. The molecule has 1 aromatic heterocycles. The van der Waals surface area contributed by atoms with Crippen LogP contribution in [0.5, 0.6) is 0 Å². The lowest BCUT2D eigenvalue weighted by atomic mass is 9.97. The van der Waals surface area contributed by atoms with E-state index in [1.807, 2.05) is 36.6 Å². The summed E-state index contributed by atoms with van der Waals surface area (Å²) in [6.45, 7) is 14.4. The maximum atomic E-state index is 14.1. The molecule has 7 nitrogen and oxygen atoms in total. The van der Waals surface area contributed by atoms with E-state index in [0.29, 0.717) is 29.9 Å². The average molecular weight is 542 g/mol. The van der Waals surface area contributed by atoms with Crippen molar-refractivity contribution < 1.29 is 18.4 Å². The summed E-state index contributed by atoms with van der Waals surface area (Å²) in [5.41, 5.74) is 1.91. The van der Waals surface area contributed by atoms with Gasteiger partial charge in [-0.05, 0) is 90.1 Å². The highest BCUT2D eigenvalue weighted by Crippen LogP contribution is 2.38. The molecule has 9 heteroatoms. The van der Waals surface area contributed by atoms with Gasteiger partial charge in [0.2, 0.25) is 5.95 Å². The van der Waals surface area contributed by atoms with E-state index in [9.17, 15) is 18.4 Å². The van der Waals surface area contributed by atoms with Crippen molar-refractivity contribution in [3.8, 4) is 0 Å². The van der Waals surface area contributed by atoms with Gasteiger partial charge in [-0.25, -0.2) is 14.2 Å². The second-order valence-electron chi connectivity index (χ2n) is 11.9. The lowest BCUT2D eigenvalue weighted by molar-refractivity contribution is 0.0872. The lowest BCUT2D eigenvalue weighted by Crippen LogP contribution is -2.51. The molecule has 0 spiro atoms. The van der Waals surface area contributed by atoms with E-state index in [4.69, 9.17) is 0 Å². The van der Waals surface area contributed by atoms with Crippen LogP contribution in [0.15, 0.2) is 30.3 Å². The largest absolute Gasteiger partial charge is 0.352 e. The Kier molecular flexibility index (Phi) is 8.59. The minimum atomic E-state index is -0.581. The summed E-state index contributed by atoms with van der Waals surface area (Å²) in [6.07, 6.45) is 2.45. The van der Waals surface area contributed by atoms with Crippen LogP contribution < -0.4 is 5.32 Å². The molecular formula is C30H41F2N5O2. The fourth-order valence-electron chi connectivity index (χ4n) is 5.96. The number of aryl methyl sites for hydroxylation is 2. The molecule has 1 aromatic carbocycles. The van der Waals surface area contributed by atoms with Crippen molar-refractivity contribution in [2.75, 3.05) is 26.2 Å². The molecule has 3 amide bonds. The third-order valence-corrected chi connectivity index (χ3v) is 8.14. The number of benzene rings is 1. The fourth-order valence-corrected chi connectivity index (χ4v) is 5.96. The van der Waals surface area contributed by atoms with E-state index in [2.05, 4.69) is 22.1 Å². The van der Waals surface area contributed by atoms with E-state index in [1.165, 1.54) is 12.1 Å². The van der Waals surface area contributed by atoms with Gasteiger partial charge in [-0.2, -0.15) is 4.39 Å². The maximum absolute atomic E-state index is 14.1. The van der Waals surface area contributed by atoms with Gasteiger partial charge < -0.3 is 20.0 Å². The van der Waals surface area contributed by atoms with Gasteiger partial charge in [0.25, 0.3) is 5.91 Å². The maximum Gasteiger partial charge on any atom is 0.321 e. The molecule has 2 fully saturated rings. The summed E-state index contributed by atoms with van der Waals surface area (Å²) in [7, 11) is 0. The smallest absolute Gasteiger partial charge is 0.321 e. The number of amides is 3. The van der Waals surface area contributed by atoms with Crippen LogP contribution in [-0.2, 0) is 0 Å². The molecule has 0 bridgehead atoms. The van der Waals surface area contributed by atoms with E-state index in [-0.39, 0.29) is 41.4 Å². The minimum absolute atomic E-state index is 0.0202. The van der Waals surface area contributed by atoms with E-state index < -0.39 is 5.95 Å². The first-order valence-corrected chi connectivity index (χ1v) is 13.9. The molecule has 0 radical (unpaired) electrons. The minimum Gasteiger partial charge on any atom is -0.352 e. The number of nitrogens with one attached hydrogen (secondary N) is 1. The summed E-state index contributed by atoms with van der Waals surface area (Å²) < 4.78 is 27.6. The second-order valence-corrected chi connectivity index (χ2v) is 11.9.